The molecule has 1 fully saturated rings. The van der Waals surface area contributed by atoms with E-state index in [1.807, 2.05) is 19.1 Å². The molecule has 0 N–H and O–H groups in total. The van der Waals surface area contributed by atoms with E-state index in [-0.39, 0.29) is 10.6 Å². The van der Waals surface area contributed by atoms with Gasteiger partial charge in [-0.25, -0.2) is 5.01 Å². The summed E-state index contributed by atoms with van der Waals surface area (Å²) in [6.45, 7) is 3.40. The number of nitrogens with zero attached hydrogens (tertiary/aromatic N) is 2. The van der Waals surface area contributed by atoms with Gasteiger partial charge < -0.3 is 0 Å². The fraction of sp³-hybridized carbons (Fsp3) is 0.280. The average Bonchev–Trinajstić information content (AvgIpc) is 3.04. The van der Waals surface area contributed by atoms with E-state index in [9.17, 15) is 19.2 Å². The van der Waals surface area contributed by atoms with Gasteiger partial charge in [0.05, 0.1) is 22.4 Å². The van der Waals surface area contributed by atoms with Crippen LogP contribution in [0.1, 0.15) is 46.0 Å². The van der Waals surface area contributed by atoms with Crippen molar-refractivity contribution in [2.45, 2.75) is 32.7 Å². The number of hydrazine groups is 1. The third-order valence-electron chi connectivity index (χ3n) is 6.15. The molecule has 2 aromatic carbocycles. The van der Waals surface area contributed by atoms with Gasteiger partial charge in [-0.2, -0.15) is 5.01 Å². The SMILES string of the molecule is Cc1ccc(C(=O)[C@H](C)N(C(=O)c2ccc(Cl)cc2Cl)N2C(=O)[C@H]3CC=CC[C@@H]3C2=O)cc1. The number of rotatable bonds is 5. The molecule has 1 saturated heterocycles. The Morgan fingerprint density at radius 2 is 1.55 bits per heavy atom. The summed E-state index contributed by atoms with van der Waals surface area (Å²) in [7, 11) is 0. The van der Waals surface area contributed by atoms with Gasteiger partial charge >= 0.3 is 0 Å². The van der Waals surface area contributed by atoms with Crippen LogP contribution in [0.2, 0.25) is 10.0 Å². The van der Waals surface area contributed by atoms with Crippen LogP contribution in [0.25, 0.3) is 0 Å². The predicted molar refractivity (Wildman–Crippen MR) is 125 cm³/mol. The Morgan fingerprint density at radius 1 is 0.970 bits per heavy atom. The van der Waals surface area contributed by atoms with Crippen molar-refractivity contribution in [1.29, 1.82) is 0 Å². The molecule has 0 saturated carbocycles. The Kier molecular flexibility index (Phi) is 6.41. The zero-order chi connectivity index (χ0) is 23.9. The molecule has 0 bridgehead atoms. The van der Waals surface area contributed by atoms with Crippen LogP contribution in [0.15, 0.2) is 54.6 Å². The fourth-order valence-corrected chi connectivity index (χ4v) is 4.78. The Morgan fingerprint density at radius 3 is 2.09 bits per heavy atom. The van der Waals surface area contributed by atoms with Crippen LogP contribution in [0.5, 0.6) is 0 Å². The van der Waals surface area contributed by atoms with Crippen molar-refractivity contribution in [3.8, 4) is 0 Å². The Balaban J connectivity index is 1.77. The summed E-state index contributed by atoms with van der Waals surface area (Å²) < 4.78 is 0. The van der Waals surface area contributed by atoms with E-state index in [1.54, 1.807) is 24.3 Å². The molecule has 0 radical (unpaired) electrons. The van der Waals surface area contributed by atoms with Gasteiger partial charge in [0.2, 0.25) is 0 Å². The molecule has 6 nitrogen and oxygen atoms in total. The molecule has 0 spiro atoms. The molecular formula is C25H22Cl2N2O4. The largest absolute Gasteiger partial charge is 0.292 e. The van der Waals surface area contributed by atoms with Gasteiger partial charge in [0.1, 0.15) is 6.04 Å². The summed E-state index contributed by atoms with van der Waals surface area (Å²) in [4.78, 5) is 53.6. The van der Waals surface area contributed by atoms with Crippen molar-refractivity contribution in [3.63, 3.8) is 0 Å². The number of fused-ring (bicyclic) bond motifs is 1. The maximum atomic E-state index is 13.7. The summed E-state index contributed by atoms with van der Waals surface area (Å²) in [5, 5.41) is 2.20. The molecule has 1 aliphatic carbocycles. The first-order valence-corrected chi connectivity index (χ1v) is 11.4. The minimum atomic E-state index is -1.13. The second-order valence-corrected chi connectivity index (χ2v) is 9.17. The fourth-order valence-electron chi connectivity index (χ4n) is 4.29. The number of halogens is 2. The number of ketones is 1. The Labute approximate surface area is 201 Å². The highest BCUT2D eigenvalue weighted by atomic mass is 35.5. The standard InChI is InChI=1S/C25H22Cl2N2O4/c1-14-7-9-16(10-8-14)22(30)15(2)28(25(33)20-12-11-17(26)13-21(20)27)29-23(31)18-5-3-4-6-19(18)24(29)32/h3-4,7-13,15,18-19H,5-6H2,1-2H3/t15-,18-,19-/m0/s1. The minimum Gasteiger partial charge on any atom is -0.292 e. The van der Waals surface area contributed by atoms with Crippen molar-refractivity contribution in [2.24, 2.45) is 11.8 Å². The molecule has 0 unspecified atom stereocenters. The number of imide groups is 1. The molecule has 2 aromatic rings. The van der Waals surface area contributed by atoms with Gasteiger partial charge in [-0.15, -0.1) is 0 Å². The predicted octanol–water partition coefficient (Wildman–Crippen LogP) is 4.88. The van der Waals surface area contributed by atoms with Crippen LogP contribution < -0.4 is 0 Å². The highest BCUT2D eigenvalue weighted by molar-refractivity contribution is 6.36. The maximum absolute atomic E-state index is 13.7. The summed E-state index contributed by atoms with van der Waals surface area (Å²) in [5.41, 5.74) is 1.38. The van der Waals surface area contributed by atoms with Gasteiger partial charge in [-0.1, -0.05) is 65.2 Å². The van der Waals surface area contributed by atoms with Gasteiger partial charge in [-0.05, 0) is 44.9 Å². The van der Waals surface area contributed by atoms with E-state index < -0.39 is 41.4 Å². The van der Waals surface area contributed by atoms with Gasteiger partial charge in [0.15, 0.2) is 5.78 Å². The first-order valence-electron chi connectivity index (χ1n) is 10.6. The van der Waals surface area contributed by atoms with Crippen LogP contribution >= 0.6 is 23.2 Å². The number of aryl methyl sites for hydroxylation is 1. The number of Topliss-reactive ketones (excluding diaryl/α,β-unsaturated/α-hetero) is 1. The molecule has 4 rings (SSSR count). The topological polar surface area (TPSA) is 74.8 Å². The molecule has 33 heavy (non-hydrogen) atoms. The van der Waals surface area contributed by atoms with E-state index in [2.05, 4.69) is 0 Å². The number of hydrogen-bond acceptors (Lipinski definition) is 4. The lowest BCUT2D eigenvalue weighted by atomic mass is 9.85. The second-order valence-electron chi connectivity index (χ2n) is 8.32. The lowest BCUT2D eigenvalue weighted by Gasteiger charge is -2.35. The lowest BCUT2D eigenvalue weighted by molar-refractivity contribution is -0.156. The van der Waals surface area contributed by atoms with E-state index in [4.69, 9.17) is 23.2 Å². The Hall–Kier alpha value is -2.96. The molecule has 3 amide bonds. The van der Waals surface area contributed by atoms with Crippen LogP contribution in [0.3, 0.4) is 0 Å². The number of amides is 3. The first-order chi connectivity index (χ1) is 15.7. The third kappa shape index (κ3) is 4.21. The lowest BCUT2D eigenvalue weighted by Crippen LogP contribution is -2.56. The van der Waals surface area contributed by atoms with Crippen molar-refractivity contribution in [1.82, 2.24) is 10.0 Å². The van der Waals surface area contributed by atoms with Crippen molar-refractivity contribution in [2.75, 3.05) is 0 Å². The van der Waals surface area contributed by atoms with E-state index in [0.717, 1.165) is 15.6 Å². The van der Waals surface area contributed by atoms with E-state index in [1.165, 1.54) is 25.1 Å². The maximum Gasteiger partial charge on any atom is 0.275 e. The third-order valence-corrected chi connectivity index (χ3v) is 6.70. The molecule has 1 heterocycles. The summed E-state index contributed by atoms with van der Waals surface area (Å²) >= 11 is 12.2. The summed E-state index contributed by atoms with van der Waals surface area (Å²) in [5.74, 6) is -3.21. The van der Waals surface area contributed by atoms with Gasteiger partial charge in [0, 0.05) is 10.6 Å². The molecular weight excluding hydrogens is 463 g/mol. The number of hydrogen-bond donors (Lipinski definition) is 0. The number of carbonyl (C=O) groups excluding carboxylic acids is 4. The van der Waals surface area contributed by atoms with E-state index >= 15 is 0 Å². The van der Waals surface area contributed by atoms with Crippen molar-refractivity contribution >= 4 is 46.7 Å². The number of allylic oxidation sites excluding steroid dienone is 2. The van der Waals surface area contributed by atoms with Crippen molar-refractivity contribution < 1.29 is 19.2 Å². The highest BCUT2D eigenvalue weighted by Gasteiger charge is 2.52. The highest BCUT2D eigenvalue weighted by Crippen LogP contribution is 2.37. The van der Waals surface area contributed by atoms with Crippen LogP contribution in [-0.2, 0) is 9.59 Å². The molecule has 8 heteroatoms. The quantitative estimate of drug-likeness (QED) is 0.344. The van der Waals surface area contributed by atoms with Gasteiger partial charge in [0.25, 0.3) is 17.7 Å². The zero-order valence-electron chi connectivity index (χ0n) is 18.1. The summed E-state index contributed by atoms with van der Waals surface area (Å²) in [6.07, 6.45) is 4.55. The smallest absolute Gasteiger partial charge is 0.275 e. The van der Waals surface area contributed by atoms with E-state index in [0.29, 0.717) is 23.4 Å². The van der Waals surface area contributed by atoms with Crippen LogP contribution in [-0.4, -0.2) is 39.6 Å². The Bertz CT molecular complexity index is 1150. The first kappa shape index (κ1) is 23.2. The molecule has 1 aliphatic heterocycles. The summed E-state index contributed by atoms with van der Waals surface area (Å²) in [6, 6.07) is 10.1. The second kappa shape index (κ2) is 9.12. The van der Waals surface area contributed by atoms with Crippen LogP contribution in [0, 0.1) is 18.8 Å². The normalized spacial score (nSPS) is 20.5. The van der Waals surface area contributed by atoms with Gasteiger partial charge in [-0.3, -0.25) is 19.2 Å². The zero-order valence-corrected chi connectivity index (χ0v) is 19.6. The van der Waals surface area contributed by atoms with Crippen LogP contribution in [0.4, 0.5) is 0 Å². The number of carbonyl (C=O) groups is 4. The molecule has 3 atom stereocenters. The monoisotopic (exact) mass is 484 g/mol. The molecule has 0 aromatic heterocycles. The molecule has 2 aliphatic rings. The van der Waals surface area contributed by atoms with Crippen molar-refractivity contribution in [3.05, 3.63) is 81.4 Å². The average molecular weight is 485 g/mol. The minimum absolute atomic E-state index is 0.0400. The number of benzene rings is 2. The molecule has 170 valence electrons.